The molecule has 4 atom stereocenters. The van der Waals surface area contributed by atoms with Crippen molar-refractivity contribution in [2.45, 2.75) is 173 Å². The molecule has 10 nitrogen and oxygen atoms in total. The summed E-state index contributed by atoms with van der Waals surface area (Å²) >= 11 is 0. The molecule has 4 saturated carbocycles. The summed E-state index contributed by atoms with van der Waals surface area (Å²) in [6, 6.07) is -0.511. The van der Waals surface area contributed by atoms with Gasteiger partial charge in [-0.05, 0) is 139 Å². The Morgan fingerprint density at radius 1 is 0.685 bits per heavy atom. The number of carbonyl (C=O) groups is 3. The minimum Gasteiger partial charge on any atom is -0.393 e. The Labute approximate surface area is 325 Å². The number of imide groups is 1. The number of piperidine rings is 1. The molecule has 2 aliphatic heterocycles. The molecule has 6 aliphatic rings. The molecule has 6 rings (SSSR count). The molecular weight excluding hydrogens is 684 g/mol. The smallest absolute Gasteiger partial charge is 0.249 e. The van der Waals surface area contributed by atoms with Crippen molar-refractivity contribution in [2.75, 3.05) is 46.2 Å². The molecule has 4 unspecified atom stereocenters. The van der Waals surface area contributed by atoms with Gasteiger partial charge in [0.15, 0.2) is 0 Å². The fourth-order valence-electron chi connectivity index (χ4n) is 11.0. The molecule has 3 amide bonds. The van der Waals surface area contributed by atoms with E-state index in [1.54, 1.807) is 4.90 Å². The van der Waals surface area contributed by atoms with Crippen molar-refractivity contribution in [1.82, 2.24) is 10.2 Å². The Kier molecular flexibility index (Phi) is 16.7. The summed E-state index contributed by atoms with van der Waals surface area (Å²) in [4.78, 5) is 38.6. The number of nitrogens with zero attached hydrogens (tertiary/aromatic N) is 1. The standard InChI is InChI=1S/C44H72N2O8/c1-2-38(31-9-4-3-5-10-31)42(32-11-15-35(47)16-12-32)33-13-17-36(18-14-33)53-27-7-25-51-23-6-24-52-26-8-28-54-37-19-20-39-34(29-37)30-46(44(39)50)40-21-22-41(48)45-43(40)49/h31-37,39-40,47H,2-30H2,1H3,(H,45,48,49)/b42-38-. The van der Waals surface area contributed by atoms with Crippen LogP contribution in [0.1, 0.15) is 148 Å². The maximum Gasteiger partial charge on any atom is 0.249 e. The van der Waals surface area contributed by atoms with Gasteiger partial charge in [0.2, 0.25) is 17.7 Å². The first-order valence-corrected chi connectivity index (χ1v) is 22.3. The van der Waals surface area contributed by atoms with E-state index < -0.39 is 6.04 Å². The lowest BCUT2D eigenvalue weighted by atomic mass is 9.68. The molecule has 54 heavy (non-hydrogen) atoms. The fourth-order valence-corrected chi connectivity index (χ4v) is 11.0. The second-order valence-electron chi connectivity index (χ2n) is 17.4. The van der Waals surface area contributed by atoms with Gasteiger partial charge in [0.05, 0.1) is 18.3 Å². The number of ether oxygens (including phenoxy) is 4. The molecule has 0 aromatic carbocycles. The number of nitrogens with one attached hydrogen (secondary N) is 1. The van der Waals surface area contributed by atoms with E-state index in [0.717, 1.165) is 70.5 Å². The van der Waals surface area contributed by atoms with Crippen LogP contribution in [0.2, 0.25) is 0 Å². The van der Waals surface area contributed by atoms with Gasteiger partial charge in [0.25, 0.3) is 0 Å². The van der Waals surface area contributed by atoms with Crippen LogP contribution in [0.15, 0.2) is 11.1 Å². The number of likely N-dealkylation sites (tertiary alicyclic amines) is 1. The Morgan fingerprint density at radius 3 is 1.91 bits per heavy atom. The van der Waals surface area contributed by atoms with Gasteiger partial charge >= 0.3 is 0 Å². The number of aliphatic hydroxyl groups is 1. The summed E-state index contributed by atoms with van der Waals surface area (Å²) in [7, 11) is 0. The average Bonchev–Trinajstić information content (AvgIpc) is 3.51. The lowest BCUT2D eigenvalue weighted by Gasteiger charge is -2.39. The zero-order valence-corrected chi connectivity index (χ0v) is 33.5. The van der Waals surface area contributed by atoms with Crippen molar-refractivity contribution >= 4 is 17.7 Å². The number of fused-ring (bicyclic) bond motifs is 1. The third-order valence-electron chi connectivity index (χ3n) is 13.8. The fraction of sp³-hybridized carbons (Fsp3) is 0.886. The molecular formula is C44H72N2O8. The molecule has 6 fully saturated rings. The molecule has 0 aromatic rings. The first-order chi connectivity index (χ1) is 26.4. The maximum absolute atomic E-state index is 13.0. The van der Waals surface area contributed by atoms with Gasteiger partial charge in [0.1, 0.15) is 6.04 Å². The molecule has 4 aliphatic carbocycles. The maximum atomic E-state index is 13.0. The quantitative estimate of drug-likeness (QED) is 0.0817. The van der Waals surface area contributed by atoms with Crippen molar-refractivity contribution in [1.29, 1.82) is 0 Å². The van der Waals surface area contributed by atoms with Gasteiger partial charge in [-0.15, -0.1) is 0 Å². The second kappa shape index (κ2) is 21.6. The van der Waals surface area contributed by atoms with E-state index in [4.69, 9.17) is 18.9 Å². The lowest BCUT2D eigenvalue weighted by Crippen LogP contribution is -2.53. The van der Waals surface area contributed by atoms with E-state index in [1.165, 1.54) is 77.0 Å². The number of aliphatic hydroxyl groups excluding tert-OH is 1. The van der Waals surface area contributed by atoms with E-state index in [2.05, 4.69) is 12.2 Å². The van der Waals surface area contributed by atoms with Crippen LogP contribution >= 0.6 is 0 Å². The summed E-state index contributed by atoms with van der Waals surface area (Å²) in [6.45, 7) is 7.19. The van der Waals surface area contributed by atoms with E-state index in [-0.39, 0.29) is 41.8 Å². The lowest BCUT2D eigenvalue weighted by molar-refractivity contribution is -0.145. The van der Waals surface area contributed by atoms with Crippen LogP contribution in [0, 0.1) is 29.6 Å². The topological polar surface area (TPSA) is 124 Å². The molecule has 2 N–H and O–H groups in total. The van der Waals surface area contributed by atoms with E-state index in [0.29, 0.717) is 63.8 Å². The summed E-state index contributed by atoms with van der Waals surface area (Å²) < 4.78 is 24.2. The van der Waals surface area contributed by atoms with Crippen LogP contribution in [0.25, 0.3) is 0 Å². The number of hydrogen-bond acceptors (Lipinski definition) is 8. The van der Waals surface area contributed by atoms with Gasteiger partial charge in [0, 0.05) is 58.5 Å². The first-order valence-electron chi connectivity index (χ1n) is 22.3. The highest BCUT2D eigenvalue weighted by Gasteiger charge is 2.48. The summed E-state index contributed by atoms with van der Waals surface area (Å²) in [5, 5.41) is 12.6. The Morgan fingerprint density at radius 2 is 1.28 bits per heavy atom. The summed E-state index contributed by atoms with van der Waals surface area (Å²) in [5.74, 6) is 1.89. The van der Waals surface area contributed by atoms with Gasteiger partial charge in [-0.2, -0.15) is 0 Å². The van der Waals surface area contributed by atoms with Crippen molar-refractivity contribution in [3.05, 3.63) is 11.1 Å². The third-order valence-corrected chi connectivity index (χ3v) is 13.8. The van der Waals surface area contributed by atoms with Gasteiger partial charge in [-0.3, -0.25) is 19.7 Å². The van der Waals surface area contributed by atoms with Gasteiger partial charge in [-0.1, -0.05) is 37.3 Å². The van der Waals surface area contributed by atoms with E-state index in [1.807, 2.05) is 11.1 Å². The number of carbonyl (C=O) groups excluding carboxylic acids is 3. The van der Waals surface area contributed by atoms with Gasteiger partial charge in [-0.25, -0.2) is 0 Å². The number of amides is 3. The third kappa shape index (κ3) is 11.6. The number of hydrogen-bond donors (Lipinski definition) is 2. The monoisotopic (exact) mass is 757 g/mol. The molecule has 10 heteroatoms. The first kappa shape index (κ1) is 41.8. The van der Waals surface area contributed by atoms with Gasteiger partial charge < -0.3 is 29.0 Å². The molecule has 2 heterocycles. The van der Waals surface area contributed by atoms with Crippen molar-refractivity contribution in [3.8, 4) is 0 Å². The number of rotatable bonds is 19. The van der Waals surface area contributed by atoms with Crippen molar-refractivity contribution in [2.24, 2.45) is 29.6 Å². The molecule has 2 saturated heterocycles. The SMILES string of the molecule is CC/C(=C(\C1CCC(O)CC1)C1CCC(OCCCOCCCOCCCOC2CCC3C(=O)N(C4CCC(=O)NC4=O)CC3C2)CC1)C1CCCCC1. The number of allylic oxidation sites excluding steroid dienone is 2. The Bertz CT molecular complexity index is 1220. The molecule has 306 valence electrons. The van der Waals surface area contributed by atoms with Crippen LogP contribution in [-0.4, -0.2) is 98.3 Å². The highest BCUT2D eigenvalue weighted by Crippen LogP contribution is 2.46. The normalized spacial score (nSPS) is 33.1. The zero-order valence-electron chi connectivity index (χ0n) is 33.5. The van der Waals surface area contributed by atoms with Crippen LogP contribution in [0.3, 0.4) is 0 Å². The van der Waals surface area contributed by atoms with E-state index >= 15 is 0 Å². The van der Waals surface area contributed by atoms with Crippen LogP contribution in [-0.2, 0) is 33.3 Å². The average molecular weight is 757 g/mol. The molecule has 0 bridgehead atoms. The Hall–Kier alpha value is -1.85. The predicted molar refractivity (Wildman–Crippen MR) is 207 cm³/mol. The van der Waals surface area contributed by atoms with Crippen LogP contribution < -0.4 is 5.32 Å². The summed E-state index contributed by atoms with van der Waals surface area (Å²) in [6.07, 6.45) is 23.7. The highest BCUT2D eigenvalue weighted by molar-refractivity contribution is 6.02. The summed E-state index contributed by atoms with van der Waals surface area (Å²) in [5.41, 5.74) is 3.65. The Balaban J connectivity index is 0.768. The zero-order chi connectivity index (χ0) is 37.7. The minimum absolute atomic E-state index is 0.0247. The van der Waals surface area contributed by atoms with E-state index in [9.17, 15) is 19.5 Å². The molecule has 0 aromatic heterocycles. The largest absolute Gasteiger partial charge is 0.393 e. The molecule has 0 spiro atoms. The van der Waals surface area contributed by atoms with Crippen molar-refractivity contribution < 1.29 is 38.4 Å². The second-order valence-corrected chi connectivity index (χ2v) is 17.4. The van der Waals surface area contributed by atoms with Crippen molar-refractivity contribution in [3.63, 3.8) is 0 Å². The van der Waals surface area contributed by atoms with Crippen LogP contribution in [0.5, 0.6) is 0 Å². The highest BCUT2D eigenvalue weighted by atomic mass is 16.5. The van der Waals surface area contributed by atoms with Crippen LogP contribution in [0.4, 0.5) is 0 Å². The predicted octanol–water partition coefficient (Wildman–Crippen LogP) is 7.05. The molecule has 0 radical (unpaired) electrons. The minimum atomic E-state index is -0.511.